The van der Waals surface area contributed by atoms with Crippen molar-refractivity contribution < 1.29 is 4.92 Å². The summed E-state index contributed by atoms with van der Waals surface area (Å²) in [5.74, 6) is 0.588. The van der Waals surface area contributed by atoms with Crippen LogP contribution in [0.3, 0.4) is 0 Å². The van der Waals surface area contributed by atoms with E-state index in [2.05, 4.69) is 30.8 Å². The number of hydrogen-bond donors (Lipinski definition) is 1. The van der Waals surface area contributed by atoms with Gasteiger partial charge in [0.1, 0.15) is 5.69 Å². The minimum Gasteiger partial charge on any atom is -0.393 e. The number of nitro groups is 1. The Balaban J connectivity index is 2.12. The summed E-state index contributed by atoms with van der Waals surface area (Å²) in [5, 5.41) is 10.9. The Kier molecular flexibility index (Phi) is 4.25. The van der Waals surface area contributed by atoms with Gasteiger partial charge in [-0.05, 0) is 25.6 Å². The fourth-order valence-corrected chi connectivity index (χ4v) is 2.99. The molecule has 2 rings (SSSR count). The van der Waals surface area contributed by atoms with Crippen molar-refractivity contribution in [3.8, 4) is 0 Å². The molecule has 1 aliphatic rings. The molecule has 2 N–H and O–H groups in total. The first kappa shape index (κ1) is 14.7. The molecule has 2 atom stereocenters. The van der Waals surface area contributed by atoms with Crippen molar-refractivity contribution >= 4 is 11.4 Å². The Bertz CT molecular complexity index is 504. The minimum absolute atomic E-state index is 0.00101. The quantitative estimate of drug-likeness (QED) is 0.514. The van der Waals surface area contributed by atoms with Gasteiger partial charge in [-0.15, -0.1) is 0 Å². The number of likely N-dealkylation sites (tertiary alicyclic amines) is 1. The molecule has 0 spiro atoms. The zero-order valence-corrected chi connectivity index (χ0v) is 12.2. The molecule has 1 fully saturated rings. The molecular weight excluding hydrogens is 256 g/mol. The van der Waals surface area contributed by atoms with Crippen LogP contribution in [0, 0.1) is 16.0 Å². The second-order valence-electron chi connectivity index (χ2n) is 5.81. The van der Waals surface area contributed by atoms with Crippen LogP contribution >= 0.6 is 0 Å². The fourth-order valence-electron chi connectivity index (χ4n) is 2.99. The van der Waals surface area contributed by atoms with Crippen molar-refractivity contribution in [1.29, 1.82) is 0 Å². The molecule has 2 unspecified atom stereocenters. The molecule has 1 heterocycles. The molecule has 0 bridgehead atoms. The number of rotatable bonds is 4. The van der Waals surface area contributed by atoms with Gasteiger partial charge in [0.15, 0.2) is 0 Å². The molecule has 1 saturated heterocycles. The lowest BCUT2D eigenvalue weighted by molar-refractivity contribution is -0.384. The average Bonchev–Trinajstić information content (AvgIpc) is 2.72. The average molecular weight is 278 g/mol. The summed E-state index contributed by atoms with van der Waals surface area (Å²) in [6, 6.07) is 5.55. The highest BCUT2D eigenvalue weighted by molar-refractivity contribution is 5.62. The molecule has 0 saturated carbocycles. The number of para-hydroxylation sites is 1. The summed E-state index contributed by atoms with van der Waals surface area (Å²) in [7, 11) is 4.18. The maximum absolute atomic E-state index is 10.9. The van der Waals surface area contributed by atoms with Crippen LogP contribution in [0.1, 0.15) is 12.5 Å². The molecule has 0 aliphatic carbocycles. The van der Waals surface area contributed by atoms with Crippen LogP contribution in [-0.2, 0) is 6.54 Å². The van der Waals surface area contributed by atoms with Crippen molar-refractivity contribution in [2.75, 3.05) is 32.9 Å². The number of nitrogen functional groups attached to an aromatic ring is 1. The number of benzene rings is 1. The first-order chi connectivity index (χ1) is 9.40. The summed E-state index contributed by atoms with van der Waals surface area (Å²) < 4.78 is 0. The largest absolute Gasteiger partial charge is 0.393 e. The Labute approximate surface area is 119 Å². The van der Waals surface area contributed by atoms with Gasteiger partial charge >= 0.3 is 0 Å². The monoisotopic (exact) mass is 278 g/mol. The van der Waals surface area contributed by atoms with Gasteiger partial charge in [0, 0.05) is 31.7 Å². The third-order valence-electron chi connectivity index (χ3n) is 4.08. The standard InChI is InChI=1S/C14H22N4O2/c1-10-7-17(9-13(10)16(2)3)8-11-5-4-6-12(14(11)15)18(19)20/h4-6,10,13H,7-9,15H2,1-3H3. The lowest BCUT2D eigenvalue weighted by Crippen LogP contribution is -2.34. The topological polar surface area (TPSA) is 75.6 Å². The second kappa shape index (κ2) is 5.76. The van der Waals surface area contributed by atoms with Crippen LogP contribution in [0.25, 0.3) is 0 Å². The van der Waals surface area contributed by atoms with Gasteiger partial charge in [-0.1, -0.05) is 19.1 Å². The van der Waals surface area contributed by atoms with Gasteiger partial charge in [0.2, 0.25) is 0 Å². The van der Waals surface area contributed by atoms with Crippen molar-refractivity contribution in [3.63, 3.8) is 0 Å². The Hall–Kier alpha value is -1.66. The third kappa shape index (κ3) is 2.91. The van der Waals surface area contributed by atoms with Gasteiger partial charge in [-0.25, -0.2) is 0 Å². The summed E-state index contributed by atoms with van der Waals surface area (Å²) in [4.78, 5) is 15.0. The Morgan fingerprint density at radius 2 is 2.15 bits per heavy atom. The summed E-state index contributed by atoms with van der Waals surface area (Å²) in [6.07, 6.45) is 0. The molecule has 0 amide bonds. The molecule has 1 aromatic carbocycles. The number of hydrogen-bond acceptors (Lipinski definition) is 5. The molecule has 1 aliphatic heterocycles. The summed E-state index contributed by atoms with van der Waals surface area (Å²) in [6.45, 7) is 4.87. The smallest absolute Gasteiger partial charge is 0.292 e. The molecule has 110 valence electrons. The van der Waals surface area contributed by atoms with Gasteiger partial charge < -0.3 is 10.6 Å². The predicted octanol–water partition coefficient (Wildman–Crippen LogP) is 1.56. The van der Waals surface area contributed by atoms with E-state index >= 15 is 0 Å². The van der Waals surface area contributed by atoms with E-state index < -0.39 is 4.92 Å². The van der Waals surface area contributed by atoms with Crippen molar-refractivity contribution in [3.05, 3.63) is 33.9 Å². The first-order valence-electron chi connectivity index (χ1n) is 6.80. The summed E-state index contributed by atoms with van der Waals surface area (Å²) >= 11 is 0. The maximum Gasteiger partial charge on any atom is 0.292 e. The van der Waals surface area contributed by atoms with Crippen LogP contribution in [0.15, 0.2) is 18.2 Å². The Morgan fingerprint density at radius 1 is 1.45 bits per heavy atom. The van der Waals surface area contributed by atoms with Gasteiger partial charge in [-0.2, -0.15) is 0 Å². The van der Waals surface area contributed by atoms with Crippen LogP contribution < -0.4 is 5.73 Å². The van der Waals surface area contributed by atoms with E-state index in [1.54, 1.807) is 6.07 Å². The normalized spacial score (nSPS) is 23.4. The SMILES string of the molecule is CC1CN(Cc2cccc([N+](=O)[O-])c2N)CC1N(C)C. The molecule has 0 aromatic heterocycles. The van der Waals surface area contributed by atoms with Crippen LogP contribution in [0.2, 0.25) is 0 Å². The van der Waals surface area contributed by atoms with E-state index in [4.69, 9.17) is 5.73 Å². The lowest BCUT2D eigenvalue weighted by atomic mass is 10.1. The number of anilines is 1. The van der Waals surface area contributed by atoms with Gasteiger partial charge in [0.05, 0.1) is 4.92 Å². The molecule has 20 heavy (non-hydrogen) atoms. The van der Waals surface area contributed by atoms with Crippen LogP contribution in [0.4, 0.5) is 11.4 Å². The van der Waals surface area contributed by atoms with E-state index in [0.717, 1.165) is 18.7 Å². The van der Waals surface area contributed by atoms with Crippen molar-refractivity contribution in [2.24, 2.45) is 5.92 Å². The third-order valence-corrected chi connectivity index (χ3v) is 4.08. The number of nitro benzene ring substituents is 1. The highest BCUT2D eigenvalue weighted by Crippen LogP contribution is 2.28. The first-order valence-corrected chi connectivity index (χ1v) is 6.80. The van der Waals surface area contributed by atoms with E-state index in [1.807, 2.05) is 6.07 Å². The maximum atomic E-state index is 10.9. The highest BCUT2D eigenvalue weighted by atomic mass is 16.6. The second-order valence-corrected chi connectivity index (χ2v) is 5.81. The van der Waals surface area contributed by atoms with Gasteiger partial charge in [0.25, 0.3) is 5.69 Å². The van der Waals surface area contributed by atoms with Gasteiger partial charge in [-0.3, -0.25) is 15.0 Å². The zero-order chi connectivity index (χ0) is 14.9. The van der Waals surface area contributed by atoms with Crippen molar-refractivity contribution in [2.45, 2.75) is 19.5 Å². The molecule has 0 radical (unpaired) electrons. The van der Waals surface area contributed by atoms with E-state index in [-0.39, 0.29) is 5.69 Å². The molecule has 6 nitrogen and oxygen atoms in total. The van der Waals surface area contributed by atoms with Crippen molar-refractivity contribution in [1.82, 2.24) is 9.80 Å². The minimum atomic E-state index is -0.423. The van der Waals surface area contributed by atoms with E-state index in [1.165, 1.54) is 6.07 Å². The van der Waals surface area contributed by atoms with Crippen LogP contribution in [0.5, 0.6) is 0 Å². The van der Waals surface area contributed by atoms with Crippen LogP contribution in [-0.4, -0.2) is 47.9 Å². The lowest BCUT2D eigenvalue weighted by Gasteiger charge is -2.22. The zero-order valence-electron chi connectivity index (χ0n) is 12.2. The number of nitrogens with zero attached hydrogens (tertiary/aromatic N) is 3. The van der Waals surface area contributed by atoms with E-state index in [9.17, 15) is 10.1 Å². The number of likely N-dealkylation sites (N-methyl/N-ethyl adjacent to an activating group) is 1. The van der Waals surface area contributed by atoms with E-state index in [0.29, 0.717) is 24.2 Å². The predicted molar refractivity (Wildman–Crippen MR) is 79.4 cm³/mol. The molecular formula is C14H22N4O2. The number of nitrogens with two attached hydrogens (primary N) is 1. The highest BCUT2D eigenvalue weighted by Gasteiger charge is 2.31. The molecule has 6 heteroatoms. The fraction of sp³-hybridized carbons (Fsp3) is 0.571. The Morgan fingerprint density at radius 3 is 2.70 bits per heavy atom. The summed E-state index contributed by atoms with van der Waals surface area (Å²) in [5.41, 5.74) is 7.04. The molecule has 1 aromatic rings.